The van der Waals surface area contributed by atoms with E-state index in [0.29, 0.717) is 6.42 Å². The molecule has 0 spiro atoms. The molecule has 12 nitrogen and oxygen atoms in total. The SMILES string of the molecule is II.[BH3-]c1c(C)nc2c(C)nc(C)c(C)n12.[B]=C(NC(CC)C(=O)O)C(C)NC(=O)C(C)N.[B]C1C(C)=NC2=C(C)NC(C)=C(C)N21. The van der Waals surface area contributed by atoms with E-state index >= 15 is 0 Å². The Bertz CT molecular complexity index is 1570. The minimum absolute atomic E-state index is 0.1000. The van der Waals surface area contributed by atoms with Crippen LogP contribution in [0.5, 0.6) is 0 Å². The molecule has 0 fully saturated rings. The number of nitrogens with one attached hydrogen (secondary N) is 3. The molecule has 6 N–H and O–H groups in total. The fourth-order valence-corrected chi connectivity index (χ4v) is 4.41. The first kappa shape index (κ1) is 42.6. The van der Waals surface area contributed by atoms with Crippen molar-refractivity contribution >= 4 is 94.8 Å². The summed E-state index contributed by atoms with van der Waals surface area (Å²) in [7, 11) is 11.9. The van der Waals surface area contributed by atoms with Crippen molar-refractivity contribution in [2.75, 3.05) is 0 Å². The smallest absolute Gasteiger partial charge is 0.151 e. The normalized spacial score (nSPS) is 16.9. The maximum atomic E-state index is 11.3. The van der Waals surface area contributed by atoms with Gasteiger partial charge in [-0.15, -0.1) is 5.59 Å². The van der Waals surface area contributed by atoms with Gasteiger partial charge < -0.3 is 14.6 Å². The molecule has 2 aromatic rings. The Morgan fingerprint density at radius 3 is 2.11 bits per heavy atom. The monoisotopic (exact) mass is 869 g/mol. The average molecular weight is 869 g/mol. The van der Waals surface area contributed by atoms with Crippen LogP contribution in [-0.2, 0) is 9.59 Å². The molecule has 17 heteroatoms. The number of carboxylic acids is 1. The third kappa shape index (κ3) is 10.8. The van der Waals surface area contributed by atoms with Crippen LogP contribution in [0.25, 0.3) is 5.65 Å². The van der Waals surface area contributed by atoms with E-state index in [0.717, 1.165) is 45.7 Å². The Labute approximate surface area is 305 Å². The standard InChI is InChI=1S/C10H19BN3O3.C10H15BN3.C10H14BN3.I2/c1-4-7(10(16)17)14-8(11)6(3)13-9(15)5(2)12;2*1-5-8(4)14-9(11)6(2)13-10(14)7(3)12-5;1-2/h5-7,14H,4,12H2,1-3H3,(H,13,15)(H,16,17);1-4,11H3;9,12H,1-4H3;/q;-1;;. The third-order valence-electron chi connectivity index (χ3n) is 7.39. The largest absolute Gasteiger partial charge is 0.358 e. The molecule has 2 aromatic heterocycles. The van der Waals surface area contributed by atoms with E-state index in [-0.39, 0.29) is 25.3 Å². The quantitative estimate of drug-likeness (QED) is 0.206. The van der Waals surface area contributed by atoms with E-state index in [1.165, 1.54) is 17.0 Å². The van der Waals surface area contributed by atoms with Crippen LogP contribution in [0.3, 0.4) is 0 Å². The summed E-state index contributed by atoms with van der Waals surface area (Å²) < 4.78 is 2.30. The van der Waals surface area contributed by atoms with Gasteiger partial charge in [0.25, 0.3) is 0 Å². The first-order chi connectivity index (χ1) is 21.8. The summed E-state index contributed by atoms with van der Waals surface area (Å²) in [6.45, 7) is 21.4. The molecule has 0 aliphatic carbocycles. The number of aliphatic imine (C=N–C) groups is 1. The molecule has 2 aliphatic rings. The Balaban J connectivity index is 0.000000344. The van der Waals surface area contributed by atoms with Crippen LogP contribution in [0.2, 0.25) is 0 Å². The molecule has 1 amide bonds. The van der Waals surface area contributed by atoms with Crippen molar-refractivity contribution in [2.24, 2.45) is 10.7 Å². The molecule has 2 aliphatic heterocycles. The first-order valence-electron chi connectivity index (χ1n) is 14.7. The van der Waals surface area contributed by atoms with E-state index in [1.807, 2.05) is 20.8 Å². The molecular weight excluding hydrogens is 821 g/mol. The van der Waals surface area contributed by atoms with Crippen LogP contribution in [0.4, 0.5) is 0 Å². The molecule has 4 heterocycles. The van der Waals surface area contributed by atoms with Crippen LogP contribution < -0.4 is 27.3 Å². The van der Waals surface area contributed by atoms with E-state index < -0.39 is 24.1 Å². The van der Waals surface area contributed by atoms with E-state index in [9.17, 15) is 9.59 Å². The van der Waals surface area contributed by atoms with Gasteiger partial charge in [-0.25, -0.2) is 9.98 Å². The molecule has 0 aromatic carbocycles. The zero-order valence-corrected chi connectivity index (χ0v) is 32.8. The van der Waals surface area contributed by atoms with Crippen molar-refractivity contribution in [3.05, 3.63) is 45.7 Å². The number of imidazole rings is 1. The van der Waals surface area contributed by atoms with Gasteiger partial charge in [0.15, 0.2) is 11.5 Å². The number of rotatable bonds is 7. The fourth-order valence-electron chi connectivity index (χ4n) is 4.41. The maximum Gasteiger partial charge on any atom is 0.151 e. The van der Waals surface area contributed by atoms with Crippen molar-refractivity contribution < 1.29 is 14.7 Å². The fraction of sp³-hybridized carbons (Fsp3) is 0.533. The summed E-state index contributed by atoms with van der Waals surface area (Å²) in [6, 6.07) is -1.88. The molecule has 255 valence electrons. The van der Waals surface area contributed by atoms with Gasteiger partial charge in [-0.05, 0) is 55.4 Å². The van der Waals surface area contributed by atoms with Crippen LogP contribution in [0.15, 0.2) is 27.9 Å². The number of carbonyl (C=O) groups is 2. The van der Waals surface area contributed by atoms with Crippen molar-refractivity contribution in [1.29, 1.82) is 0 Å². The van der Waals surface area contributed by atoms with Crippen LogP contribution in [0, 0.1) is 27.7 Å². The molecule has 0 saturated carbocycles. The Morgan fingerprint density at radius 2 is 1.60 bits per heavy atom. The molecule has 0 bridgehead atoms. The van der Waals surface area contributed by atoms with Crippen molar-refractivity contribution in [1.82, 2.24) is 35.2 Å². The number of aliphatic carboxylic acids is 1. The predicted molar refractivity (Wildman–Crippen MR) is 215 cm³/mol. The predicted octanol–water partition coefficient (Wildman–Crippen LogP) is 1.62. The van der Waals surface area contributed by atoms with Crippen molar-refractivity contribution in [3.63, 3.8) is 0 Å². The number of carbonyl (C=O) groups excluding carboxylic acids is 1. The summed E-state index contributed by atoms with van der Waals surface area (Å²) in [5, 5.41) is 17.3. The van der Waals surface area contributed by atoms with Gasteiger partial charge in [-0.3, -0.25) is 4.98 Å². The molecule has 4 rings (SSSR count). The second kappa shape index (κ2) is 19.0. The molecule has 0 saturated heterocycles. The summed E-state index contributed by atoms with van der Waals surface area (Å²) in [4.78, 5) is 37.7. The van der Waals surface area contributed by atoms with Gasteiger partial charge in [-0.2, -0.15) is 0 Å². The number of nitrogens with zero attached hydrogens (tertiary/aromatic N) is 5. The minimum atomic E-state index is -0.985. The number of carboxylic acid groups (broad SMARTS) is 1. The summed E-state index contributed by atoms with van der Waals surface area (Å²) in [5.41, 5.74) is 17.0. The second-order valence-electron chi connectivity index (χ2n) is 11.1. The van der Waals surface area contributed by atoms with Crippen LogP contribution in [0.1, 0.15) is 77.7 Å². The Hall–Kier alpha value is -2.41. The number of nitrogens with two attached hydrogens (primary N) is 1. The zero-order valence-electron chi connectivity index (χ0n) is 28.5. The van der Waals surface area contributed by atoms with Crippen molar-refractivity contribution in [3.8, 4) is 0 Å². The van der Waals surface area contributed by atoms with Gasteiger partial charge in [0.1, 0.15) is 7.85 Å². The zero-order chi connectivity index (χ0) is 36.5. The number of aryl methyl sites for hydroxylation is 4. The molecule has 47 heavy (non-hydrogen) atoms. The van der Waals surface area contributed by atoms with Crippen molar-refractivity contribution in [2.45, 2.75) is 107 Å². The van der Waals surface area contributed by atoms with Crippen LogP contribution >= 0.6 is 37.2 Å². The topological polar surface area (TPSA) is 162 Å². The number of hydrogen-bond donors (Lipinski definition) is 5. The Kier molecular flexibility index (Phi) is 17.2. The first-order valence-corrected chi connectivity index (χ1v) is 21.0. The molecule has 4 atom stereocenters. The van der Waals surface area contributed by atoms with Crippen LogP contribution in [-0.4, -0.2) is 94.8 Å². The number of allylic oxidation sites excluding steroid dienone is 3. The minimum Gasteiger partial charge on any atom is -0.358 e. The third-order valence-corrected chi connectivity index (χ3v) is 7.39. The number of halogens is 2. The molecule has 3 radical (unpaired) electrons. The average Bonchev–Trinajstić information content (AvgIpc) is 3.49. The molecular formula is C30H48B3I2N9O3-. The number of aromatic nitrogens is 3. The van der Waals surface area contributed by atoms with E-state index in [2.05, 4.69) is 112 Å². The summed E-state index contributed by atoms with van der Waals surface area (Å²) >= 11 is 4.24. The van der Waals surface area contributed by atoms with Gasteiger partial charge in [0, 0.05) is 79.5 Å². The summed E-state index contributed by atoms with van der Waals surface area (Å²) in [5.74, 6) is -0.470. The number of amides is 1. The van der Waals surface area contributed by atoms with Gasteiger partial charge in [-0.1, -0.05) is 0 Å². The second-order valence-corrected chi connectivity index (χ2v) is 11.1. The van der Waals surface area contributed by atoms with Gasteiger partial charge >= 0.3 is 101 Å². The molecule has 4 unspecified atom stereocenters. The van der Waals surface area contributed by atoms with E-state index in [1.54, 1.807) is 20.8 Å². The van der Waals surface area contributed by atoms with E-state index in [4.69, 9.17) is 26.2 Å². The number of fused-ring (bicyclic) bond motifs is 2. The number of hydrogen-bond acceptors (Lipinski definition) is 9. The Morgan fingerprint density at radius 1 is 1.02 bits per heavy atom. The maximum absolute atomic E-state index is 11.3. The van der Waals surface area contributed by atoms with Gasteiger partial charge in [0.05, 0.1) is 17.1 Å². The summed E-state index contributed by atoms with van der Waals surface area (Å²) in [6.07, 6.45) is 0.393. The van der Waals surface area contributed by atoms with Gasteiger partial charge in [0.2, 0.25) is 0 Å².